The highest BCUT2D eigenvalue weighted by atomic mass is 15.0. The van der Waals surface area contributed by atoms with Gasteiger partial charge in [0.2, 0.25) is 0 Å². The van der Waals surface area contributed by atoms with Crippen LogP contribution in [0.1, 0.15) is 0 Å². The number of rotatable bonds is 2. The molecule has 118 valence electrons. The summed E-state index contributed by atoms with van der Waals surface area (Å²) in [6, 6.07) is 29.7. The number of benzene rings is 3. The number of para-hydroxylation sites is 2. The molecule has 2 heterocycles. The summed E-state index contributed by atoms with van der Waals surface area (Å²) in [7, 11) is 0. The third-order valence-corrected chi connectivity index (χ3v) is 4.70. The summed E-state index contributed by atoms with van der Waals surface area (Å²) in [5.74, 6) is 0. The number of aromatic nitrogens is 2. The summed E-state index contributed by atoms with van der Waals surface area (Å²) in [5.41, 5.74) is 5.89. The highest BCUT2D eigenvalue weighted by Crippen LogP contribution is 2.35. The molecule has 2 aromatic heterocycles. The normalized spacial score (nSPS) is 11.2. The summed E-state index contributed by atoms with van der Waals surface area (Å²) >= 11 is 0. The smallest absolute Gasteiger partial charge is 0.0571 e. The SMILES string of the molecule is c1ccc(-c2cnccc2-n2c3ccccc3c3ccccc32)cc1. The van der Waals surface area contributed by atoms with E-state index in [1.165, 1.54) is 27.4 Å². The second kappa shape index (κ2) is 5.60. The lowest BCUT2D eigenvalue weighted by Gasteiger charge is -2.13. The molecule has 25 heavy (non-hydrogen) atoms. The zero-order valence-corrected chi connectivity index (χ0v) is 13.6. The van der Waals surface area contributed by atoms with E-state index in [0.29, 0.717) is 0 Å². The van der Waals surface area contributed by atoms with E-state index in [0.717, 1.165) is 11.3 Å². The first kappa shape index (κ1) is 14.0. The van der Waals surface area contributed by atoms with Crippen LogP contribution in [-0.2, 0) is 0 Å². The molecule has 0 fully saturated rings. The third-order valence-electron chi connectivity index (χ3n) is 4.70. The van der Waals surface area contributed by atoms with Crippen molar-refractivity contribution in [1.29, 1.82) is 0 Å². The Hall–Kier alpha value is -3.39. The molecule has 0 N–H and O–H groups in total. The lowest BCUT2D eigenvalue weighted by molar-refractivity contribution is 1.16. The van der Waals surface area contributed by atoms with Gasteiger partial charge in [-0.25, -0.2) is 0 Å². The molecule has 0 bridgehead atoms. The second-order valence-corrected chi connectivity index (χ2v) is 6.13. The highest BCUT2D eigenvalue weighted by molar-refractivity contribution is 6.09. The molecule has 0 aliphatic heterocycles. The Morgan fingerprint density at radius 1 is 0.600 bits per heavy atom. The Bertz CT molecular complexity index is 1130. The van der Waals surface area contributed by atoms with E-state index in [1.54, 1.807) is 0 Å². The van der Waals surface area contributed by atoms with Crippen LogP contribution in [0.25, 0.3) is 38.6 Å². The van der Waals surface area contributed by atoms with Crippen molar-refractivity contribution >= 4 is 21.8 Å². The number of nitrogens with zero attached hydrogens (tertiary/aromatic N) is 2. The fourth-order valence-corrected chi connectivity index (χ4v) is 3.60. The maximum absolute atomic E-state index is 4.38. The molecule has 0 aliphatic carbocycles. The lowest BCUT2D eigenvalue weighted by Crippen LogP contribution is -1.97. The van der Waals surface area contributed by atoms with Crippen molar-refractivity contribution in [2.45, 2.75) is 0 Å². The van der Waals surface area contributed by atoms with Crippen molar-refractivity contribution in [2.24, 2.45) is 0 Å². The molecule has 0 atom stereocenters. The van der Waals surface area contributed by atoms with Crippen molar-refractivity contribution in [3.05, 3.63) is 97.3 Å². The van der Waals surface area contributed by atoms with Gasteiger partial charge < -0.3 is 4.57 Å². The average molecular weight is 320 g/mol. The zero-order chi connectivity index (χ0) is 16.6. The minimum atomic E-state index is 1.13. The Morgan fingerprint density at radius 2 is 1.20 bits per heavy atom. The summed E-state index contributed by atoms with van der Waals surface area (Å²) in [5, 5.41) is 2.54. The molecule has 3 aromatic carbocycles. The van der Waals surface area contributed by atoms with Gasteiger partial charge in [-0.3, -0.25) is 4.98 Å². The average Bonchev–Trinajstić information content (AvgIpc) is 3.03. The molecule has 0 saturated carbocycles. The first-order valence-electron chi connectivity index (χ1n) is 8.41. The molecular formula is C23H16N2. The fourth-order valence-electron chi connectivity index (χ4n) is 3.60. The highest BCUT2D eigenvalue weighted by Gasteiger charge is 2.14. The Labute approximate surface area is 146 Å². The molecule has 0 spiro atoms. The summed E-state index contributed by atoms with van der Waals surface area (Å²) in [6.45, 7) is 0. The van der Waals surface area contributed by atoms with Gasteiger partial charge in [0.25, 0.3) is 0 Å². The van der Waals surface area contributed by atoms with E-state index < -0.39 is 0 Å². The van der Waals surface area contributed by atoms with E-state index in [-0.39, 0.29) is 0 Å². The van der Waals surface area contributed by atoms with E-state index in [1.807, 2.05) is 18.5 Å². The van der Waals surface area contributed by atoms with Crippen molar-refractivity contribution < 1.29 is 0 Å². The predicted octanol–water partition coefficient (Wildman–Crippen LogP) is 5.85. The van der Waals surface area contributed by atoms with Gasteiger partial charge in [-0.05, 0) is 23.8 Å². The molecule has 0 aliphatic rings. The van der Waals surface area contributed by atoms with Crippen LogP contribution >= 0.6 is 0 Å². The van der Waals surface area contributed by atoms with Crippen LogP contribution in [-0.4, -0.2) is 9.55 Å². The van der Waals surface area contributed by atoms with Crippen LogP contribution in [0.2, 0.25) is 0 Å². The molecule has 5 rings (SSSR count). The zero-order valence-electron chi connectivity index (χ0n) is 13.6. The minimum absolute atomic E-state index is 1.13. The summed E-state index contributed by atoms with van der Waals surface area (Å²) < 4.78 is 2.34. The Kier molecular flexibility index (Phi) is 3.14. The number of hydrogen-bond acceptors (Lipinski definition) is 1. The van der Waals surface area contributed by atoms with Crippen molar-refractivity contribution in [3.63, 3.8) is 0 Å². The second-order valence-electron chi connectivity index (χ2n) is 6.13. The molecule has 0 unspecified atom stereocenters. The van der Waals surface area contributed by atoms with Crippen LogP contribution in [0, 0.1) is 0 Å². The Morgan fingerprint density at radius 3 is 1.88 bits per heavy atom. The summed E-state index contributed by atoms with van der Waals surface area (Å²) in [6.07, 6.45) is 3.82. The van der Waals surface area contributed by atoms with Crippen LogP contribution < -0.4 is 0 Å². The van der Waals surface area contributed by atoms with Gasteiger partial charge in [-0.1, -0.05) is 66.7 Å². The monoisotopic (exact) mass is 320 g/mol. The predicted molar refractivity (Wildman–Crippen MR) is 104 cm³/mol. The van der Waals surface area contributed by atoms with Gasteiger partial charge in [-0.15, -0.1) is 0 Å². The molecule has 0 radical (unpaired) electrons. The van der Waals surface area contributed by atoms with E-state index in [4.69, 9.17) is 0 Å². The third kappa shape index (κ3) is 2.15. The molecule has 0 amide bonds. The number of fused-ring (bicyclic) bond motifs is 3. The van der Waals surface area contributed by atoms with Gasteiger partial charge in [0.05, 0.1) is 16.7 Å². The summed E-state index contributed by atoms with van der Waals surface area (Å²) in [4.78, 5) is 4.38. The van der Waals surface area contributed by atoms with Gasteiger partial charge in [0.1, 0.15) is 0 Å². The minimum Gasteiger partial charge on any atom is -0.309 e. The first-order valence-corrected chi connectivity index (χ1v) is 8.41. The van der Waals surface area contributed by atoms with Crippen LogP contribution in [0.15, 0.2) is 97.3 Å². The largest absolute Gasteiger partial charge is 0.309 e. The fraction of sp³-hybridized carbons (Fsp3) is 0. The lowest BCUT2D eigenvalue weighted by atomic mass is 10.1. The van der Waals surface area contributed by atoms with Crippen LogP contribution in [0.5, 0.6) is 0 Å². The first-order chi connectivity index (χ1) is 12.4. The topological polar surface area (TPSA) is 17.8 Å². The molecule has 0 saturated heterocycles. The van der Waals surface area contributed by atoms with Crippen LogP contribution in [0.3, 0.4) is 0 Å². The maximum Gasteiger partial charge on any atom is 0.0571 e. The van der Waals surface area contributed by atoms with E-state index in [2.05, 4.69) is 88.4 Å². The van der Waals surface area contributed by atoms with Gasteiger partial charge in [-0.2, -0.15) is 0 Å². The Balaban J connectivity index is 1.92. The van der Waals surface area contributed by atoms with E-state index in [9.17, 15) is 0 Å². The molecule has 2 nitrogen and oxygen atoms in total. The van der Waals surface area contributed by atoms with Crippen molar-refractivity contribution in [1.82, 2.24) is 9.55 Å². The quantitative estimate of drug-likeness (QED) is 0.399. The standard InChI is InChI=1S/C23H16N2/c1-2-8-17(9-3-1)20-16-24-15-14-23(20)25-21-12-6-4-10-18(21)19-11-5-7-13-22(19)25/h1-16H. The van der Waals surface area contributed by atoms with Crippen molar-refractivity contribution in [3.8, 4) is 16.8 Å². The molecule has 5 aromatic rings. The van der Waals surface area contributed by atoms with Gasteiger partial charge in [0, 0.05) is 28.7 Å². The number of hydrogen-bond donors (Lipinski definition) is 0. The van der Waals surface area contributed by atoms with Crippen molar-refractivity contribution in [2.75, 3.05) is 0 Å². The van der Waals surface area contributed by atoms with E-state index >= 15 is 0 Å². The molecular weight excluding hydrogens is 304 g/mol. The molecule has 2 heteroatoms. The van der Waals surface area contributed by atoms with Gasteiger partial charge in [0.15, 0.2) is 0 Å². The maximum atomic E-state index is 4.38. The van der Waals surface area contributed by atoms with Gasteiger partial charge >= 0.3 is 0 Å². The number of pyridine rings is 1. The van der Waals surface area contributed by atoms with Crippen LogP contribution in [0.4, 0.5) is 0 Å².